The molecule has 1 aliphatic heterocycles. The predicted octanol–water partition coefficient (Wildman–Crippen LogP) is 3.46. The molecule has 0 radical (unpaired) electrons. The number of rotatable bonds is 5. The quantitative estimate of drug-likeness (QED) is 0.677. The summed E-state index contributed by atoms with van der Waals surface area (Å²) in [6, 6.07) is 0. The Balaban J connectivity index is 3.50. The van der Waals surface area contributed by atoms with E-state index in [4.69, 9.17) is 0 Å². The minimum atomic E-state index is -1.37. The summed E-state index contributed by atoms with van der Waals surface area (Å²) in [5.74, 6) is 0. The van der Waals surface area contributed by atoms with Crippen molar-refractivity contribution in [1.82, 2.24) is 4.14 Å². The first-order valence-electron chi connectivity index (χ1n) is 8.69. The van der Waals surface area contributed by atoms with Gasteiger partial charge in [-0.2, -0.15) is 0 Å². The zero-order valence-corrected chi connectivity index (χ0v) is 21.2. The molecule has 0 aromatic carbocycles. The summed E-state index contributed by atoms with van der Waals surface area (Å²) < 4.78 is 3.06. The van der Waals surface area contributed by atoms with Gasteiger partial charge in [0.05, 0.1) is 0 Å². The maximum atomic E-state index is 3.06. The molecule has 1 rings (SSSR count). The fourth-order valence-corrected chi connectivity index (χ4v) is 18.1. The van der Waals surface area contributed by atoms with Gasteiger partial charge in [0, 0.05) is 0 Å². The summed E-state index contributed by atoms with van der Waals surface area (Å²) in [6.07, 6.45) is 0. The molecule has 0 aliphatic carbocycles. The van der Waals surface area contributed by atoms with E-state index in [2.05, 4.69) is 96.3 Å². The maximum absolute atomic E-state index is 3.06. The molecular formula is C14H36B3NSi4. The van der Waals surface area contributed by atoms with Crippen molar-refractivity contribution in [3.8, 4) is 0 Å². The average Bonchev–Trinajstić information content (AvgIpc) is 2.54. The summed E-state index contributed by atoms with van der Waals surface area (Å²) in [7, 11) is -5.33. The predicted molar refractivity (Wildman–Crippen MR) is 122 cm³/mol. The van der Waals surface area contributed by atoms with Crippen LogP contribution < -0.4 is 0 Å². The summed E-state index contributed by atoms with van der Waals surface area (Å²) in [6.45, 7) is 36.1. The van der Waals surface area contributed by atoms with Crippen molar-refractivity contribution < 1.29 is 0 Å². The molecule has 0 amide bonds. The van der Waals surface area contributed by atoms with Crippen molar-refractivity contribution >= 4 is 63.1 Å². The molecule has 0 saturated carbocycles. The molecule has 0 bridgehead atoms. The van der Waals surface area contributed by atoms with Crippen LogP contribution in [0, 0.1) is 0 Å². The molecule has 22 heavy (non-hydrogen) atoms. The van der Waals surface area contributed by atoms with E-state index in [1.807, 2.05) is 0 Å². The minimum absolute atomic E-state index is 0.636. The van der Waals surface area contributed by atoms with E-state index in [9.17, 15) is 0 Å². The molecule has 0 unspecified atom stereocenters. The molecule has 122 valence electrons. The van der Waals surface area contributed by atoms with E-state index >= 15 is 0 Å². The van der Waals surface area contributed by atoms with Crippen molar-refractivity contribution in [2.24, 2.45) is 0 Å². The van der Waals surface area contributed by atoms with Gasteiger partial charge in [0.1, 0.15) is 0 Å². The molecule has 0 spiro atoms. The fourth-order valence-electron chi connectivity index (χ4n) is 3.91. The Kier molecular flexibility index (Phi) is 5.90. The monoisotopic (exact) mass is 363 g/mol. The van der Waals surface area contributed by atoms with Crippen LogP contribution in [0.25, 0.3) is 0 Å². The Morgan fingerprint density at radius 2 is 0.864 bits per heavy atom. The number of hydrogen-bond donors (Lipinski definition) is 0. The van der Waals surface area contributed by atoms with Gasteiger partial charge in [-0.1, -0.05) is 0 Å². The van der Waals surface area contributed by atoms with Crippen LogP contribution in [0.4, 0.5) is 0 Å². The van der Waals surface area contributed by atoms with Gasteiger partial charge in [-0.3, -0.25) is 0 Å². The molecule has 1 nitrogen and oxygen atoms in total. The van der Waals surface area contributed by atoms with E-state index in [1.165, 1.54) is 0 Å². The Labute approximate surface area is 145 Å². The Bertz CT molecular complexity index is 446. The molecule has 0 atom stereocenters. The van der Waals surface area contributed by atoms with Crippen LogP contribution in [-0.2, 0) is 0 Å². The Morgan fingerprint density at radius 3 is 1.05 bits per heavy atom. The fraction of sp³-hybridized carbons (Fsp3) is 0.857. The molecule has 0 saturated heterocycles. The van der Waals surface area contributed by atoms with Crippen molar-refractivity contribution in [1.29, 1.82) is 0 Å². The average molecular weight is 363 g/mol. The third-order valence-corrected chi connectivity index (χ3v) is 16.2. The van der Waals surface area contributed by atoms with Gasteiger partial charge in [-0.15, -0.1) is 0 Å². The molecule has 0 aromatic rings. The van der Waals surface area contributed by atoms with E-state index in [1.54, 1.807) is 9.97 Å². The van der Waals surface area contributed by atoms with Crippen molar-refractivity contribution in [2.75, 3.05) is 0 Å². The zero-order chi connectivity index (χ0) is 17.7. The van der Waals surface area contributed by atoms with Gasteiger partial charge in [-0.05, 0) is 0 Å². The Morgan fingerprint density at radius 1 is 0.591 bits per heavy atom. The summed E-state index contributed by atoms with van der Waals surface area (Å²) in [4.78, 5) is 3.57. The van der Waals surface area contributed by atoms with Gasteiger partial charge in [0.2, 0.25) is 0 Å². The van der Waals surface area contributed by atoms with Crippen LogP contribution in [-0.4, -0.2) is 67.2 Å². The second-order valence-corrected chi connectivity index (χ2v) is 31.1. The van der Waals surface area contributed by atoms with Gasteiger partial charge < -0.3 is 0 Å². The SMILES string of the molecule is C[Si](C)(C)C1=BB=C([Si](C)(C)C)B1N([Si](C)(C)C)[Si](C)(C)C. The van der Waals surface area contributed by atoms with Crippen molar-refractivity contribution in [2.45, 2.75) is 78.6 Å². The van der Waals surface area contributed by atoms with Gasteiger partial charge in [-0.25, -0.2) is 0 Å². The van der Waals surface area contributed by atoms with Gasteiger partial charge >= 0.3 is 146 Å². The molecule has 0 fully saturated rings. The first kappa shape index (κ1) is 20.8. The summed E-state index contributed by atoms with van der Waals surface area (Å²) >= 11 is 0. The first-order valence-corrected chi connectivity index (χ1v) is 22.6. The third kappa shape index (κ3) is 4.65. The third-order valence-electron chi connectivity index (χ3n) is 4.47. The molecule has 1 heterocycles. The van der Waals surface area contributed by atoms with Crippen LogP contribution in [0.1, 0.15) is 0 Å². The standard InChI is InChI=1S/C14H36B3NSi4/c1-19(2,3)13-15-16-14(20(4,5)6)17(13)18(21(7,8)9)22(10,11)12/h1-12H3. The van der Waals surface area contributed by atoms with Gasteiger partial charge in [0.25, 0.3) is 0 Å². The van der Waals surface area contributed by atoms with Gasteiger partial charge in [0.15, 0.2) is 0 Å². The molecule has 8 heteroatoms. The number of hydrogen-bond acceptors (Lipinski definition) is 1. The number of nitrogens with zero attached hydrogens (tertiary/aromatic N) is 1. The topological polar surface area (TPSA) is 3.24 Å². The molecular weight excluding hydrogens is 327 g/mol. The van der Waals surface area contributed by atoms with Crippen molar-refractivity contribution in [3.63, 3.8) is 0 Å². The van der Waals surface area contributed by atoms with E-state index < -0.39 is 32.6 Å². The van der Waals surface area contributed by atoms with E-state index in [0.717, 1.165) is 0 Å². The second kappa shape index (κ2) is 6.24. The molecule has 0 N–H and O–H groups in total. The zero-order valence-electron chi connectivity index (χ0n) is 17.2. The van der Waals surface area contributed by atoms with Crippen LogP contribution >= 0.6 is 0 Å². The van der Waals surface area contributed by atoms with E-state index in [-0.39, 0.29) is 0 Å². The van der Waals surface area contributed by atoms with Crippen LogP contribution in [0.3, 0.4) is 0 Å². The molecule has 1 aliphatic rings. The second-order valence-electron chi connectivity index (χ2n) is 10.9. The van der Waals surface area contributed by atoms with E-state index in [0.29, 0.717) is 6.85 Å². The summed E-state index contributed by atoms with van der Waals surface area (Å²) in [5, 5.41) is 0. The Hall–Kier alpha value is 0.762. The van der Waals surface area contributed by atoms with Crippen LogP contribution in [0.2, 0.25) is 78.6 Å². The summed E-state index contributed by atoms with van der Waals surface area (Å²) in [5.41, 5.74) is 0. The molecule has 0 aromatic heterocycles. The van der Waals surface area contributed by atoms with Crippen LogP contribution in [0.5, 0.6) is 0 Å². The van der Waals surface area contributed by atoms with Crippen LogP contribution in [0.15, 0.2) is 0 Å². The normalized spacial score (nSPS) is 17.2. The first-order chi connectivity index (χ1) is 9.47. The van der Waals surface area contributed by atoms with Crippen molar-refractivity contribution in [3.05, 3.63) is 0 Å².